The Kier molecular flexibility index (Phi) is 4.37. The molecule has 2 N–H and O–H groups in total. The minimum Gasteiger partial charge on any atom is -0.494 e. The van der Waals surface area contributed by atoms with Gasteiger partial charge in [0.2, 0.25) is 0 Å². The van der Waals surface area contributed by atoms with E-state index in [-0.39, 0.29) is 0 Å². The third-order valence-corrected chi connectivity index (χ3v) is 2.99. The molecular weight excluding hydrogens is 294 g/mol. The van der Waals surface area contributed by atoms with E-state index in [1.165, 1.54) is 6.33 Å². The normalized spacial score (nSPS) is 10.3. The lowest BCUT2D eigenvalue weighted by atomic mass is 10.3. The number of rotatable bonds is 6. The predicted octanol–water partition coefficient (Wildman–Crippen LogP) is 3.66. The molecule has 0 bridgehead atoms. The van der Waals surface area contributed by atoms with Crippen LogP contribution in [-0.2, 0) is 0 Å². The van der Waals surface area contributed by atoms with E-state index in [2.05, 4.69) is 25.8 Å². The van der Waals surface area contributed by atoms with Crippen molar-refractivity contribution in [1.82, 2.24) is 15.1 Å². The number of aromatic nitrogens is 3. The molecule has 2 aromatic heterocycles. The van der Waals surface area contributed by atoms with Gasteiger partial charge in [-0.3, -0.25) is 0 Å². The summed E-state index contributed by atoms with van der Waals surface area (Å²) in [5, 5.41) is 10.1. The van der Waals surface area contributed by atoms with Crippen molar-refractivity contribution in [2.24, 2.45) is 0 Å². The second kappa shape index (κ2) is 6.78. The molecule has 0 aliphatic heterocycles. The van der Waals surface area contributed by atoms with E-state index in [4.69, 9.17) is 9.26 Å². The van der Waals surface area contributed by atoms with Gasteiger partial charge in [-0.15, -0.1) is 0 Å². The fourth-order valence-corrected chi connectivity index (χ4v) is 2.00. The molecule has 7 nitrogen and oxygen atoms in total. The Morgan fingerprint density at radius 1 is 1.00 bits per heavy atom. The molecule has 118 valence electrons. The Labute approximate surface area is 133 Å². The van der Waals surface area contributed by atoms with Crippen LogP contribution in [0.1, 0.15) is 12.7 Å². The summed E-state index contributed by atoms with van der Waals surface area (Å²) in [6, 6.07) is 11.3. The van der Waals surface area contributed by atoms with Gasteiger partial charge in [0.25, 0.3) is 0 Å². The molecule has 1 aromatic carbocycles. The maximum absolute atomic E-state index is 5.42. The van der Waals surface area contributed by atoms with Crippen LogP contribution in [0.2, 0.25) is 0 Å². The van der Waals surface area contributed by atoms with Gasteiger partial charge in [-0.2, -0.15) is 0 Å². The van der Waals surface area contributed by atoms with Crippen molar-refractivity contribution in [3.63, 3.8) is 0 Å². The van der Waals surface area contributed by atoms with Crippen LogP contribution in [0.4, 0.5) is 23.1 Å². The highest BCUT2D eigenvalue weighted by Crippen LogP contribution is 2.21. The van der Waals surface area contributed by atoms with Crippen LogP contribution < -0.4 is 15.4 Å². The predicted molar refractivity (Wildman–Crippen MR) is 87.4 cm³/mol. The van der Waals surface area contributed by atoms with E-state index in [9.17, 15) is 0 Å². The number of nitrogens with zero attached hydrogens (tertiary/aromatic N) is 3. The number of benzene rings is 1. The highest BCUT2D eigenvalue weighted by atomic mass is 16.5. The second-order valence-corrected chi connectivity index (χ2v) is 4.82. The number of aryl methyl sites for hydroxylation is 1. The third kappa shape index (κ3) is 3.97. The third-order valence-electron chi connectivity index (χ3n) is 2.99. The molecule has 2 heterocycles. The molecular formula is C16H17N5O2. The van der Waals surface area contributed by atoms with Crippen molar-refractivity contribution < 1.29 is 9.26 Å². The highest BCUT2D eigenvalue weighted by molar-refractivity contribution is 5.61. The molecule has 0 aliphatic carbocycles. The first-order chi connectivity index (χ1) is 11.2. The number of hydrogen-bond donors (Lipinski definition) is 2. The average molecular weight is 311 g/mol. The Balaban J connectivity index is 1.69. The molecule has 0 unspecified atom stereocenters. The number of anilines is 4. The smallest absolute Gasteiger partial charge is 0.175 e. The van der Waals surface area contributed by atoms with Gasteiger partial charge in [0, 0.05) is 17.8 Å². The standard InChI is InChI=1S/C16H17N5O2/c1-3-22-13-6-4-12(5-7-13)19-14-9-15(18-10-17-14)20-16-8-11(2)23-21-16/h4-10H,3H2,1-2H3,(H2,17,18,19,20,21). The van der Waals surface area contributed by atoms with E-state index in [1.54, 1.807) is 12.1 Å². The second-order valence-electron chi connectivity index (χ2n) is 4.82. The van der Waals surface area contributed by atoms with E-state index >= 15 is 0 Å². The molecule has 23 heavy (non-hydrogen) atoms. The van der Waals surface area contributed by atoms with Gasteiger partial charge < -0.3 is 19.9 Å². The molecule has 0 spiro atoms. The summed E-state index contributed by atoms with van der Waals surface area (Å²) in [7, 11) is 0. The zero-order chi connectivity index (χ0) is 16.1. The van der Waals surface area contributed by atoms with Gasteiger partial charge in [0.05, 0.1) is 6.61 Å². The first-order valence-corrected chi connectivity index (χ1v) is 7.25. The van der Waals surface area contributed by atoms with Crippen molar-refractivity contribution in [1.29, 1.82) is 0 Å². The molecule has 0 saturated heterocycles. The summed E-state index contributed by atoms with van der Waals surface area (Å²) in [4.78, 5) is 8.36. The quantitative estimate of drug-likeness (QED) is 0.718. The van der Waals surface area contributed by atoms with Gasteiger partial charge in [-0.05, 0) is 38.1 Å². The lowest BCUT2D eigenvalue weighted by Crippen LogP contribution is -1.98. The monoisotopic (exact) mass is 311 g/mol. The lowest BCUT2D eigenvalue weighted by Gasteiger charge is -2.08. The fraction of sp³-hybridized carbons (Fsp3) is 0.188. The number of hydrogen-bond acceptors (Lipinski definition) is 7. The molecule has 0 aliphatic rings. The largest absolute Gasteiger partial charge is 0.494 e. The summed E-state index contributed by atoms with van der Waals surface area (Å²) in [5.74, 6) is 3.47. The lowest BCUT2D eigenvalue weighted by molar-refractivity contribution is 0.340. The fourth-order valence-electron chi connectivity index (χ4n) is 2.00. The molecule has 3 rings (SSSR count). The molecule has 0 saturated carbocycles. The van der Waals surface area contributed by atoms with Gasteiger partial charge in [-0.1, -0.05) is 5.16 Å². The first kappa shape index (κ1) is 14.8. The van der Waals surface area contributed by atoms with E-state index in [0.717, 1.165) is 17.2 Å². The van der Waals surface area contributed by atoms with Gasteiger partial charge in [-0.25, -0.2) is 9.97 Å². The van der Waals surface area contributed by atoms with Crippen LogP contribution in [0.3, 0.4) is 0 Å². The van der Waals surface area contributed by atoms with Gasteiger partial charge >= 0.3 is 0 Å². The summed E-state index contributed by atoms with van der Waals surface area (Å²) in [6.07, 6.45) is 1.48. The van der Waals surface area contributed by atoms with Crippen LogP contribution in [-0.4, -0.2) is 21.7 Å². The van der Waals surface area contributed by atoms with E-state index in [1.807, 2.05) is 38.1 Å². The van der Waals surface area contributed by atoms with Crippen LogP contribution in [0.25, 0.3) is 0 Å². The molecule has 0 amide bonds. The Hall–Kier alpha value is -3.09. The van der Waals surface area contributed by atoms with Crippen LogP contribution in [0.5, 0.6) is 5.75 Å². The van der Waals surface area contributed by atoms with Crippen molar-refractivity contribution in [3.05, 3.63) is 48.5 Å². The van der Waals surface area contributed by atoms with Crippen LogP contribution >= 0.6 is 0 Å². The first-order valence-electron chi connectivity index (χ1n) is 7.25. The van der Waals surface area contributed by atoms with Crippen molar-refractivity contribution >= 4 is 23.1 Å². The van der Waals surface area contributed by atoms with Gasteiger partial charge in [0.1, 0.15) is 29.5 Å². The SMILES string of the molecule is CCOc1ccc(Nc2cc(Nc3cc(C)on3)ncn2)cc1. The molecule has 7 heteroatoms. The van der Waals surface area contributed by atoms with Crippen molar-refractivity contribution in [2.45, 2.75) is 13.8 Å². The summed E-state index contributed by atoms with van der Waals surface area (Å²) < 4.78 is 10.4. The van der Waals surface area contributed by atoms with Crippen molar-refractivity contribution in [2.75, 3.05) is 17.2 Å². The highest BCUT2D eigenvalue weighted by Gasteiger charge is 2.04. The molecule has 3 aromatic rings. The Bertz CT molecular complexity index is 770. The molecule has 0 fully saturated rings. The average Bonchev–Trinajstić information content (AvgIpc) is 2.95. The number of nitrogens with one attached hydrogen (secondary N) is 2. The maximum Gasteiger partial charge on any atom is 0.175 e. The number of ether oxygens (including phenoxy) is 1. The summed E-state index contributed by atoms with van der Waals surface area (Å²) in [5.41, 5.74) is 0.912. The zero-order valence-corrected chi connectivity index (χ0v) is 12.9. The van der Waals surface area contributed by atoms with Crippen LogP contribution in [0.15, 0.2) is 47.2 Å². The molecule has 0 radical (unpaired) electrons. The Morgan fingerprint density at radius 2 is 1.74 bits per heavy atom. The zero-order valence-electron chi connectivity index (χ0n) is 12.9. The van der Waals surface area contributed by atoms with Gasteiger partial charge in [0.15, 0.2) is 5.82 Å². The van der Waals surface area contributed by atoms with Crippen molar-refractivity contribution in [3.8, 4) is 5.75 Å². The topological polar surface area (TPSA) is 85.1 Å². The van der Waals surface area contributed by atoms with Crippen LogP contribution in [0, 0.1) is 6.92 Å². The Morgan fingerprint density at radius 3 is 2.39 bits per heavy atom. The minimum absolute atomic E-state index is 0.605. The molecule has 0 atom stereocenters. The van der Waals surface area contributed by atoms with E-state index < -0.39 is 0 Å². The maximum atomic E-state index is 5.42. The summed E-state index contributed by atoms with van der Waals surface area (Å²) >= 11 is 0. The van der Waals surface area contributed by atoms with E-state index in [0.29, 0.717) is 24.1 Å². The minimum atomic E-state index is 0.605. The summed E-state index contributed by atoms with van der Waals surface area (Å²) in [6.45, 7) is 4.43.